The van der Waals surface area contributed by atoms with E-state index >= 15 is 0 Å². The highest BCUT2D eigenvalue weighted by molar-refractivity contribution is 5.99. The molecular weight excluding hydrogens is 326 g/mol. The van der Waals surface area contributed by atoms with Gasteiger partial charge in [0.15, 0.2) is 0 Å². The van der Waals surface area contributed by atoms with Gasteiger partial charge >= 0.3 is 0 Å². The number of benzene rings is 1. The molecule has 26 heavy (non-hydrogen) atoms. The Bertz CT molecular complexity index is 613. The molecule has 0 aliphatic carbocycles. The molecule has 0 bridgehead atoms. The lowest BCUT2D eigenvalue weighted by atomic mass is 9.84. The second kappa shape index (κ2) is 8.67. The molecule has 2 amide bonds. The number of hydrogen-bond donors (Lipinski definition) is 1. The van der Waals surface area contributed by atoms with Crippen molar-refractivity contribution in [2.45, 2.75) is 45.1 Å². The maximum atomic E-state index is 13.0. The van der Waals surface area contributed by atoms with Crippen molar-refractivity contribution < 1.29 is 9.59 Å². The highest BCUT2D eigenvalue weighted by Crippen LogP contribution is 2.27. The second-order valence-electron chi connectivity index (χ2n) is 7.76. The summed E-state index contributed by atoms with van der Waals surface area (Å²) in [5, 5.41) is 3.38. The Labute approximate surface area is 156 Å². The number of piperidine rings is 2. The van der Waals surface area contributed by atoms with E-state index in [1.54, 1.807) is 11.9 Å². The van der Waals surface area contributed by atoms with Gasteiger partial charge in [0.2, 0.25) is 11.8 Å². The minimum atomic E-state index is -0.336. The number of likely N-dealkylation sites (N-methyl/N-ethyl adjacent to an activating group) is 1. The van der Waals surface area contributed by atoms with E-state index in [0.29, 0.717) is 18.3 Å². The molecule has 1 aromatic rings. The average molecular weight is 357 g/mol. The third-order valence-corrected chi connectivity index (χ3v) is 6.02. The van der Waals surface area contributed by atoms with E-state index in [2.05, 4.69) is 12.2 Å². The molecule has 2 heterocycles. The lowest BCUT2D eigenvalue weighted by Gasteiger charge is -2.37. The van der Waals surface area contributed by atoms with Crippen molar-refractivity contribution in [1.29, 1.82) is 0 Å². The standard InChI is InChI=1S/C21H31N3O2/c1-16(17-10-12-22-13-11-17)15-20(25)23(2)19-9-6-14-24(21(19)26)18-7-4-3-5-8-18/h3-5,7-8,16-17,19,22H,6,9-15H2,1-2H3. The lowest BCUT2D eigenvalue weighted by Crippen LogP contribution is -2.53. The number of amides is 2. The van der Waals surface area contributed by atoms with Gasteiger partial charge in [0.25, 0.3) is 0 Å². The van der Waals surface area contributed by atoms with E-state index in [1.807, 2.05) is 35.2 Å². The minimum absolute atomic E-state index is 0.0489. The molecule has 2 aliphatic heterocycles. The predicted octanol–water partition coefficient (Wildman–Crippen LogP) is 2.67. The van der Waals surface area contributed by atoms with Crippen LogP contribution in [0, 0.1) is 11.8 Å². The predicted molar refractivity (Wildman–Crippen MR) is 104 cm³/mol. The quantitative estimate of drug-likeness (QED) is 0.881. The van der Waals surface area contributed by atoms with Crippen molar-refractivity contribution in [2.24, 2.45) is 11.8 Å². The Morgan fingerprint density at radius 2 is 1.92 bits per heavy atom. The molecule has 0 saturated carbocycles. The monoisotopic (exact) mass is 357 g/mol. The van der Waals surface area contributed by atoms with E-state index in [0.717, 1.165) is 51.0 Å². The zero-order valence-corrected chi connectivity index (χ0v) is 16.0. The molecule has 2 saturated heterocycles. The maximum absolute atomic E-state index is 13.0. The van der Waals surface area contributed by atoms with Gasteiger partial charge in [0.1, 0.15) is 6.04 Å². The Morgan fingerprint density at radius 1 is 1.23 bits per heavy atom. The van der Waals surface area contributed by atoms with Gasteiger partial charge in [0.05, 0.1) is 0 Å². The van der Waals surface area contributed by atoms with E-state index in [-0.39, 0.29) is 17.9 Å². The van der Waals surface area contributed by atoms with E-state index < -0.39 is 0 Å². The lowest BCUT2D eigenvalue weighted by molar-refractivity contribution is -0.139. The Hall–Kier alpha value is -1.88. The summed E-state index contributed by atoms with van der Waals surface area (Å²) in [6.45, 7) is 5.01. The SMILES string of the molecule is CC(CC(=O)N(C)C1CCCN(c2ccccc2)C1=O)C1CCNCC1. The highest BCUT2D eigenvalue weighted by atomic mass is 16.2. The van der Waals surface area contributed by atoms with E-state index in [9.17, 15) is 9.59 Å². The van der Waals surface area contributed by atoms with Crippen LogP contribution >= 0.6 is 0 Å². The van der Waals surface area contributed by atoms with Crippen molar-refractivity contribution in [3.63, 3.8) is 0 Å². The first-order valence-electron chi connectivity index (χ1n) is 9.90. The van der Waals surface area contributed by atoms with Gasteiger partial charge in [-0.1, -0.05) is 25.1 Å². The molecule has 0 aromatic heterocycles. The van der Waals surface area contributed by atoms with Gasteiger partial charge in [0, 0.05) is 25.7 Å². The number of rotatable bonds is 5. The van der Waals surface area contributed by atoms with Crippen molar-refractivity contribution in [3.8, 4) is 0 Å². The summed E-state index contributed by atoms with van der Waals surface area (Å²) in [5.41, 5.74) is 0.922. The molecule has 5 heteroatoms. The number of anilines is 1. The zero-order valence-electron chi connectivity index (χ0n) is 16.0. The fourth-order valence-electron chi connectivity index (χ4n) is 4.25. The van der Waals surface area contributed by atoms with Crippen LogP contribution in [0.15, 0.2) is 30.3 Å². The molecule has 5 nitrogen and oxygen atoms in total. The summed E-state index contributed by atoms with van der Waals surface area (Å²) < 4.78 is 0. The topological polar surface area (TPSA) is 52.7 Å². The molecule has 2 fully saturated rings. The Morgan fingerprint density at radius 3 is 2.62 bits per heavy atom. The minimum Gasteiger partial charge on any atom is -0.334 e. The van der Waals surface area contributed by atoms with Crippen molar-refractivity contribution >= 4 is 17.5 Å². The Balaban J connectivity index is 1.61. The first-order valence-corrected chi connectivity index (χ1v) is 9.90. The van der Waals surface area contributed by atoms with E-state index in [1.165, 1.54) is 0 Å². The summed E-state index contributed by atoms with van der Waals surface area (Å²) in [5.74, 6) is 1.13. The first kappa shape index (κ1) is 18.9. The number of carbonyl (C=O) groups excluding carboxylic acids is 2. The molecule has 3 rings (SSSR count). The van der Waals surface area contributed by atoms with Crippen LogP contribution in [-0.2, 0) is 9.59 Å². The number of carbonyl (C=O) groups is 2. The molecule has 1 aromatic carbocycles. The van der Waals surface area contributed by atoms with Gasteiger partial charge in [-0.3, -0.25) is 9.59 Å². The van der Waals surface area contributed by atoms with Crippen LogP contribution in [0.3, 0.4) is 0 Å². The molecule has 1 N–H and O–H groups in total. The number of para-hydroxylation sites is 1. The van der Waals surface area contributed by atoms with Crippen LogP contribution < -0.4 is 10.2 Å². The maximum Gasteiger partial charge on any atom is 0.249 e. The van der Waals surface area contributed by atoms with Crippen LogP contribution in [0.25, 0.3) is 0 Å². The molecule has 2 aliphatic rings. The van der Waals surface area contributed by atoms with Gasteiger partial charge in [-0.25, -0.2) is 0 Å². The van der Waals surface area contributed by atoms with Gasteiger partial charge in [-0.15, -0.1) is 0 Å². The van der Waals surface area contributed by atoms with Crippen LogP contribution in [0.2, 0.25) is 0 Å². The molecule has 2 atom stereocenters. The smallest absolute Gasteiger partial charge is 0.249 e. The van der Waals surface area contributed by atoms with Crippen LogP contribution in [0.4, 0.5) is 5.69 Å². The normalized spacial score (nSPS) is 22.9. The summed E-state index contributed by atoms with van der Waals surface area (Å²) in [6.07, 6.45) is 4.50. The van der Waals surface area contributed by atoms with Crippen LogP contribution in [0.5, 0.6) is 0 Å². The third kappa shape index (κ3) is 4.26. The second-order valence-corrected chi connectivity index (χ2v) is 7.76. The van der Waals surface area contributed by atoms with Crippen LogP contribution in [0.1, 0.15) is 39.0 Å². The van der Waals surface area contributed by atoms with Crippen molar-refractivity contribution in [3.05, 3.63) is 30.3 Å². The Kier molecular flexibility index (Phi) is 6.30. The molecular formula is C21H31N3O2. The molecule has 2 unspecified atom stereocenters. The fourth-order valence-corrected chi connectivity index (χ4v) is 4.25. The highest BCUT2D eigenvalue weighted by Gasteiger charge is 2.35. The van der Waals surface area contributed by atoms with Crippen molar-refractivity contribution in [2.75, 3.05) is 31.6 Å². The van der Waals surface area contributed by atoms with Crippen LogP contribution in [-0.4, -0.2) is 49.4 Å². The summed E-state index contributed by atoms with van der Waals surface area (Å²) >= 11 is 0. The van der Waals surface area contributed by atoms with Gasteiger partial charge in [-0.05, 0) is 62.7 Å². The molecule has 0 radical (unpaired) electrons. The molecule has 0 spiro atoms. The van der Waals surface area contributed by atoms with Gasteiger partial charge < -0.3 is 15.1 Å². The number of nitrogens with one attached hydrogen (secondary N) is 1. The summed E-state index contributed by atoms with van der Waals surface area (Å²) in [4.78, 5) is 29.3. The van der Waals surface area contributed by atoms with E-state index in [4.69, 9.17) is 0 Å². The first-order chi connectivity index (χ1) is 12.6. The summed E-state index contributed by atoms with van der Waals surface area (Å²) in [6, 6.07) is 9.43. The molecule has 142 valence electrons. The third-order valence-electron chi connectivity index (χ3n) is 6.02. The number of nitrogens with zero attached hydrogens (tertiary/aromatic N) is 2. The summed E-state index contributed by atoms with van der Waals surface area (Å²) in [7, 11) is 1.80. The largest absolute Gasteiger partial charge is 0.334 e. The number of hydrogen-bond acceptors (Lipinski definition) is 3. The zero-order chi connectivity index (χ0) is 18.5. The average Bonchev–Trinajstić information content (AvgIpc) is 2.69. The van der Waals surface area contributed by atoms with Gasteiger partial charge in [-0.2, -0.15) is 0 Å². The fraction of sp³-hybridized carbons (Fsp3) is 0.619. The van der Waals surface area contributed by atoms with Crippen molar-refractivity contribution in [1.82, 2.24) is 10.2 Å².